The number of hydrogen-bond donors (Lipinski definition) is 1. The van der Waals surface area contributed by atoms with Gasteiger partial charge >= 0.3 is 5.97 Å². The third-order valence-corrected chi connectivity index (χ3v) is 8.71. The van der Waals surface area contributed by atoms with E-state index in [4.69, 9.17) is 4.74 Å². The van der Waals surface area contributed by atoms with E-state index < -0.39 is 17.6 Å². The lowest BCUT2D eigenvalue weighted by molar-refractivity contribution is -0.233. The summed E-state index contributed by atoms with van der Waals surface area (Å²) in [6.45, 7) is 12.4. The van der Waals surface area contributed by atoms with Crippen LogP contribution in [0.1, 0.15) is 66.2 Å². The van der Waals surface area contributed by atoms with Gasteiger partial charge in [-0.1, -0.05) is 33.8 Å². The minimum absolute atomic E-state index is 0.00930. The summed E-state index contributed by atoms with van der Waals surface area (Å²) in [6, 6.07) is 0. The van der Waals surface area contributed by atoms with Crippen molar-refractivity contribution in [2.24, 2.45) is 34.0 Å². The Balaban J connectivity index is 1.90. The first-order valence-corrected chi connectivity index (χ1v) is 10.2. The molecule has 4 aliphatic carbocycles. The average molecular weight is 360 g/mol. The molecule has 0 aromatic rings. The topological polar surface area (TPSA) is 63.6 Å². The van der Waals surface area contributed by atoms with Crippen LogP contribution in [0.25, 0.3) is 0 Å². The van der Waals surface area contributed by atoms with Gasteiger partial charge in [-0.25, -0.2) is 0 Å². The molecule has 0 unspecified atom stereocenters. The van der Waals surface area contributed by atoms with Crippen LogP contribution in [-0.4, -0.2) is 29.1 Å². The van der Waals surface area contributed by atoms with Crippen LogP contribution in [0.15, 0.2) is 12.2 Å². The molecule has 4 aliphatic rings. The van der Waals surface area contributed by atoms with E-state index in [-0.39, 0.29) is 34.4 Å². The molecule has 4 fully saturated rings. The lowest BCUT2D eigenvalue weighted by Gasteiger charge is -2.65. The number of carbonyl (C=O) groups excluding carboxylic acids is 2. The van der Waals surface area contributed by atoms with E-state index in [1.54, 1.807) is 0 Å². The van der Waals surface area contributed by atoms with Crippen LogP contribution in [0, 0.1) is 34.0 Å². The van der Waals surface area contributed by atoms with Gasteiger partial charge in [-0.2, -0.15) is 0 Å². The van der Waals surface area contributed by atoms with Crippen LogP contribution >= 0.6 is 0 Å². The van der Waals surface area contributed by atoms with Crippen molar-refractivity contribution in [3.63, 3.8) is 0 Å². The number of hydrogen-bond acceptors (Lipinski definition) is 4. The van der Waals surface area contributed by atoms with Gasteiger partial charge in [-0.05, 0) is 60.3 Å². The van der Waals surface area contributed by atoms with E-state index in [1.807, 2.05) is 0 Å². The Morgan fingerprint density at radius 1 is 1.19 bits per heavy atom. The number of aliphatic hydroxyl groups excluding tert-OH is 1. The summed E-state index contributed by atoms with van der Waals surface area (Å²) in [5.74, 6) is -0.134. The summed E-state index contributed by atoms with van der Waals surface area (Å²) >= 11 is 0. The SMILES string of the molecule is C=C1C(=O)[C@]23[C@H](O)[C@H]1CC[C@H]2[C@]1(C)CCCC(C)(C)[C@H]1C[C@H]3OC(C)=O. The zero-order valence-electron chi connectivity index (χ0n) is 16.5. The number of ether oxygens (including phenoxy) is 1. The number of rotatable bonds is 1. The van der Waals surface area contributed by atoms with Gasteiger partial charge < -0.3 is 9.84 Å². The van der Waals surface area contributed by atoms with Crippen molar-refractivity contribution >= 4 is 11.8 Å². The molecule has 26 heavy (non-hydrogen) atoms. The second-order valence-electron chi connectivity index (χ2n) is 10.2. The summed E-state index contributed by atoms with van der Waals surface area (Å²) in [5, 5.41) is 11.3. The largest absolute Gasteiger partial charge is 0.461 e. The molecular formula is C22H32O4. The molecule has 2 bridgehead atoms. The van der Waals surface area contributed by atoms with Gasteiger partial charge in [0.2, 0.25) is 0 Å². The second kappa shape index (κ2) is 5.43. The molecule has 0 aromatic heterocycles. The Morgan fingerprint density at radius 3 is 2.54 bits per heavy atom. The first kappa shape index (κ1) is 18.2. The maximum atomic E-state index is 13.5. The quantitative estimate of drug-likeness (QED) is 0.572. The minimum atomic E-state index is -0.982. The van der Waals surface area contributed by atoms with E-state index >= 15 is 0 Å². The van der Waals surface area contributed by atoms with Gasteiger partial charge in [0.05, 0.1) is 11.5 Å². The first-order valence-electron chi connectivity index (χ1n) is 10.2. The summed E-state index contributed by atoms with van der Waals surface area (Å²) < 4.78 is 5.80. The molecule has 4 nitrogen and oxygen atoms in total. The van der Waals surface area contributed by atoms with Crippen molar-refractivity contribution in [3.8, 4) is 0 Å². The lowest BCUT2D eigenvalue weighted by Crippen LogP contribution is -2.67. The zero-order chi connectivity index (χ0) is 19.1. The maximum Gasteiger partial charge on any atom is 0.302 e. The molecule has 1 N–H and O–H groups in total. The fraction of sp³-hybridized carbons (Fsp3) is 0.818. The molecule has 4 saturated carbocycles. The zero-order valence-corrected chi connectivity index (χ0v) is 16.5. The Hall–Kier alpha value is -1.16. The lowest BCUT2D eigenvalue weighted by atomic mass is 9.40. The highest BCUT2D eigenvalue weighted by Gasteiger charge is 2.74. The molecule has 0 amide bonds. The van der Waals surface area contributed by atoms with Crippen molar-refractivity contribution < 1.29 is 19.4 Å². The fourth-order valence-corrected chi connectivity index (χ4v) is 7.75. The maximum absolute atomic E-state index is 13.5. The summed E-state index contributed by atoms with van der Waals surface area (Å²) in [4.78, 5) is 25.4. The molecule has 1 spiro atoms. The molecular weight excluding hydrogens is 328 g/mol. The van der Waals surface area contributed by atoms with Crippen LogP contribution < -0.4 is 0 Å². The molecule has 4 rings (SSSR count). The molecule has 0 aliphatic heterocycles. The van der Waals surface area contributed by atoms with Crippen LogP contribution in [0.5, 0.6) is 0 Å². The smallest absolute Gasteiger partial charge is 0.302 e. The van der Waals surface area contributed by atoms with Gasteiger partial charge in [0.15, 0.2) is 5.78 Å². The third kappa shape index (κ3) is 2.00. The van der Waals surface area contributed by atoms with Crippen molar-refractivity contribution in [1.29, 1.82) is 0 Å². The summed E-state index contributed by atoms with van der Waals surface area (Å²) in [6.07, 6.45) is 4.48. The number of fused-ring (bicyclic) bond motifs is 3. The van der Waals surface area contributed by atoms with E-state index in [1.165, 1.54) is 6.92 Å². The average Bonchev–Trinajstić information content (AvgIpc) is 2.65. The molecule has 4 heteroatoms. The van der Waals surface area contributed by atoms with E-state index in [0.717, 1.165) is 32.1 Å². The van der Waals surface area contributed by atoms with E-state index in [0.29, 0.717) is 17.9 Å². The molecule has 144 valence electrons. The van der Waals surface area contributed by atoms with Gasteiger partial charge in [-0.15, -0.1) is 0 Å². The highest BCUT2D eigenvalue weighted by molar-refractivity contribution is 6.04. The number of carbonyl (C=O) groups is 2. The third-order valence-electron chi connectivity index (χ3n) is 8.71. The number of ketones is 1. The molecule has 7 atom stereocenters. The van der Waals surface area contributed by atoms with Crippen LogP contribution in [-0.2, 0) is 14.3 Å². The number of esters is 1. The van der Waals surface area contributed by atoms with Crippen LogP contribution in [0.4, 0.5) is 0 Å². The van der Waals surface area contributed by atoms with Crippen molar-refractivity contribution in [2.75, 3.05) is 0 Å². The van der Waals surface area contributed by atoms with Crippen molar-refractivity contribution in [2.45, 2.75) is 78.4 Å². The van der Waals surface area contributed by atoms with Gasteiger partial charge in [0.25, 0.3) is 0 Å². The summed E-state index contributed by atoms with van der Waals surface area (Å²) in [5.41, 5.74) is -0.295. The number of aliphatic hydroxyl groups is 1. The second-order valence-corrected chi connectivity index (χ2v) is 10.2. The van der Waals surface area contributed by atoms with E-state index in [2.05, 4.69) is 27.4 Å². The van der Waals surface area contributed by atoms with Crippen molar-refractivity contribution in [1.82, 2.24) is 0 Å². The van der Waals surface area contributed by atoms with E-state index in [9.17, 15) is 14.7 Å². The Labute approximate surface area is 156 Å². The Morgan fingerprint density at radius 2 is 1.88 bits per heavy atom. The molecule has 0 aromatic carbocycles. The predicted molar refractivity (Wildman–Crippen MR) is 98.2 cm³/mol. The summed E-state index contributed by atoms with van der Waals surface area (Å²) in [7, 11) is 0. The van der Waals surface area contributed by atoms with Gasteiger partial charge in [0.1, 0.15) is 6.10 Å². The van der Waals surface area contributed by atoms with Gasteiger partial charge in [0, 0.05) is 12.8 Å². The Bertz CT molecular complexity index is 680. The molecule has 0 heterocycles. The first-order chi connectivity index (χ1) is 12.1. The van der Waals surface area contributed by atoms with Crippen LogP contribution in [0.3, 0.4) is 0 Å². The minimum Gasteiger partial charge on any atom is -0.461 e. The van der Waals surface area contributed by atoms with Crippen molar-refractivity contribution in [3.05, 3.63) is 12.2 Å². The van der Waals surface area contributed by atoms with Crippen LogP contribution in [0.2, 0.25) is 0 Å². The predicted octanol–water partition coefficient (Wildman–Crippen LogP) is 3.67. The highest BCUT2D eigenvalue weighted by Crippen LogP contribution is 2.71. The Kier molecular flexibility index (Phi) is 3.81. The van der Waals surface area contributed by atoms with Gasteiger partial charge in [-0.3, -0.25) is 9.59 Å². The number of Topliss-reactive ketones (excluding diaryl/α,β-unsaturated/α-hetero) is 1. The highest BCUT2D eigenvalue weighted by atomic mass is 16.5. The standard InChI is InChI=1S/C22H32O4/c1-12-14-7-8-15-21(5)10-6-9-20(3,4)16(21)11-17(26-13(2)23)22(15,18(12)24)19(14)25/h14-17,19,25H,1,6-11H2,2-5H3/t14-,15-,16+,17+,19+,21-,22-/m0/s1. The fourth-order valence-electron chi connectivity index (χ4n) is 7.75. The monoisotopic (exact) mass is 360 g/mol. The normalized spacial score (nSPS) is 49.3. The molecule has 0 radical (unpaired) electrons. The molecule has 0 saturated heterocycles.